The zero-order chi connectivity index (χ0) is 12.6. The minimum absolute atomic E-state index is 0.754. The lowest BCUT2D eigenvalue weighted by atomic mass is 10.3. The Morgan fingerprint density at radius 2 is 1.56 bits per heavy atom. The van der Waals surface area contributed by atoms with Crippen molar-refractivity contribution in [1.82, 2.24) is 9.80 Å². The normalized spacial score (nSPS) is 18.1. The topological polar surface area (TPSA) is 6.48 Å². The molecule has 0 N–H and O–H groups in total. The van der Waals surface area contributed by atoms with Crippen LogP contribution in [-0.4, -0.2) is 60.7 Å². The van der Waals surface area contributed by atoms with E-state index in [1.54, 1.807) is 0 Å². The van der Waals surface area contributed by atoms with Crippen molar-refractivity contribution in [2.75, 3.05) is 50.9 Å². The van der Waals surface area contributed by atoms with E-state index in [4.69, 9.17) is 11.6 Å². The molecule has 2 nitrogen and oxygen atoms in total. The minimum Gasteiger partial charge on any atom is -0.300 e. The Bertz CT molecular complexity index is 326. The van der Waals surface area contributed by atoms with Gasteiger partial charge in [0.25, 0.3) is 0 Å². The third-order valence-electron chi connectivity index (χ3n) is 3.29. The van der Waals surface area contributed by atoms with Crippen LogP contribution in [0, 0.1) is 0 Å². The van der Waals surface area contributed by atoms with Crippen LogP contribution in [-0.2, 0) is 0 Å². The summed E-state index contributed by atoms with van der Waals surface area (Å²) >= 11 is 7.71. The van der Waals surface area contributed by atoms with Crippen LogP contribution in [0.15, 0.2) is 35.2 Å². The quantitative estimate of drug-likeness (QED) is 0.586. The van der Waals surface area contributed by atoms with Gasteiger partial charge >= 0.3 is 0 Å². The maximum Gasteiger partial charge on any atom is 0.0351 e. The minimum atomic E-state index is 0.754. The molecule has 1 saturated heterocycles. The van der Waals surface area contributed by atoms with Crippen molar-refractivity contribution in [3.63, 3.8) is 0 Å². The Morgan fingerprint density at radius 1 is 0.944 bits per heavy atom. The molecule has 1 aromatic rings. The van der Waals surface area contributed by atoms with Gasteiger partial charge in [-0.1, -0.05) is 18.2 Å². The number of piperazine rings is 1. The van der Waals surface area contributed by atoms with Crippen molar-refractivity contribution in [2.45, 2.75) is 4.90 Å². The van der Waals surface area contributed by atoms with Crippen molar-refractivity contribution in [2.24, 2.45) is 0 Å². The summed E-state index contributed by atoms with van der Waals surface area (Å²) in [5.41, 5.74) is 0. The van der Waals surface area contributed by atoms with Gasteiger partial charge < -0.3 is 0 Å². The lowest BCUT2D eigenvalue weighted by molar-refractivity contribution is 0.144. The van der Waals surface area contributed by atoms with Crippen molar-refractivity contribution in [3.8, 4) is 0 Å². The van der Waals surface area contributed by atoms with Gasteiger partial charge in [-0.15, -0.1) is 23.4 Å². The summed E-state index contributed by atoms with van der Waals surface area (Å²) in [5.74, 6) is 1.93. The van der Waals surface area contributed by atoms with E-state index >= 15 is 0 Å². The molecule has 0 amide bonds. The number of benzene rings is 1. The standard InChI is InChI=1S/C14H21ClN2S/c15-6-7-16-8-10-17(11-9-16)12-13-18-14-4-2-1-3-5-14/h1-5H,6-13H2. The predicted octanol–water partition coefficient (Wildman–Crippen LogP) is 2.64. The molecule has 100 valence electrons. The second-order valence-electron chi connectivity index (χ2n) is 4.53. The van der Waals surface area contributed by atoms with E-state index in [0.717, 1.165) is 12.4 Å². The molecule has 0 bridgehead atoms. The first-order valence-electron chi connectivity index (χ1n) is 6.57. The molecule has 1 fully saturated rings. The van der Waals surface area contributed by atoms with E-state index in [0.29, 0.717) is 0 Å². The van der Waals surface area contributed by atoms with E-state index in [-0.39, 0.29) is 0 Å². The maximum atomic E-state index is 5.76. The highest BCUT2D eigenvalue weighted by molar-refractivity contribution is 7.99. The SMILES string of the molecule is ClCCN1CCN(CCSc2ccccc2)CC1. The lowest BCUT2D eigenvalue weighted by Gasteiger charge is -2.34. The Kier molecular flexibility index (Phi) is 6.35. The molecule has 0 radical (unpaired) electrons. The number of hydrogen-bond acceptors (Lipinski definition) is 3. The van der Waals surface area contributed by atoms with Gasteiger partial charge in [-0.2, -0.15) is 0 Å². The molecular formula is C14H21ClN2S. The first kappa shape index (κ1) is 14.2. The largest absolute Gasteiger partial charge is 0.300 e. The summed E-state index contributed by atoms with van der Waals surface area (Å²) in [7, 11) is 0. The average molecular weight is 285 g/mol. The number of rotatable bonds is 6. The Labute approximate surface area is 119 Å². The molecule has 0 spiro atoms. The van der Waals surface area contributed by atoms with Crippen LogP contribution in [0.1, 0.15) is 0 Å². The zero-order valence-corrected chi connectivity index (χ0v) is 12.3. The van der Waals surface area contributed by atoms with E-state index in [9.17, 15) is 0 Å². The molecular weight excluding hydrogens is 264 g/mol. The first-order chi connectivity index (χ1) is 8.88. The first-order valence-corrected chi connectivity index (χ1v) is 8.09. The van der Waals surface area contributed by atoms with Crippen LogP contribution in [0.4, 0.5) is 0 Å². The van der Waals surface area contributed by atoms with E-state index in [1.807, 2.05) is 11.8 Å². The molecule has 0 saturated carbocycles. The van der Waals surface area contributed by atoms with Crippen LogP contribution in [0.25, 0.3) is 0 Å². The van der Waals surface area contributed by atoms with Crippen molar-refractivity contribution >= 4 is 23.4 Å². The van der Waals surface area contributed by atoms with Gasteiger partial charge in [-0.05, 0) is 12.1 Å². The third-order valence-corrected chi connectivity index (χ3v) is 4.45. The number of hydrogen-bond donors (Lipinski definition) is 0. The molecule has 18 heavy (non-hydrogen) atoms. The molecule has 1 aromatic carbocycles. The Hall–Kier alpha value is -0.220. The van der Waals surface area contributed by atoms with E-state index in [1.165, 1.54) is 43.4 Å². The zero-order valence-electron chi connectivity index (χ0n) is 10.7. The van der Waals surface area contributed by atoms with E-state index < -0.39 is 0 Å². The Morgan fingerprint density at radius 3 is 2.17 bits per heavy atom. The summed E-state index contributed by atoms with van der Waals surface area (Å²) in [4.78, 5) is 6.38. The highest BCUT2D eigenvalue weighted by Crippen LogP contribution is 2.17. The fraction of sp³-hybridized carbons (Fsp3) is 0.571. The van der Waals surface area contributed by atoms with Crippen molar-refractivity contribution in [3.05, 3.63) is 30.3 Å². The average Bonchev–Trinajstić information content (AvgIpc) is 2.42. The van der Waals surface area contributed by atoms with Gasteiger partial charge in [-0.25, -0.2) is 0 Å². The van der Waals surface area contributed by atoms with Gasteiger partial charge in [0.15, 0.2) is 0 Å². The lowest BCUT2D eigenvalue weighted by Crippen LogP contribution is -2.47. The number of thioether (sulfide) groups is 1. The van der Waals surface area contributed by atoms with Crippen LogP contribution < -0.4 is 0 Å². The highest BCUT2D eigenvalue weighted by Gasteiger charge is 2.15. The molecule has 0 aliphatic carbocycles. The molecule has 0 atom stereocenters. The molecule has 4 heteroatoms. The molecule has 1 aliphatic heterocycles. The predicted molar refractivity (Wildman–Crippen MR) is 80.8 cm³/mol. The van der Waals surface area contributed by atoms with Crippen LogP contribution in [0.2, 0.25) is 0 Å². The number of halogens is 1. The number of alkyl halides is 1. The van der Waals surface area contributed by atoms with Gasteiger partial charge in [-0.3, -0.25) is 9.80 Å². The highest BCUT2D eigenvalue weighted by atomic mass is 35.5. The van der Waals surface area contributed by atoms with Crippen molar-refractivity contribution < 1.29 is 0 Å². The van der Waals surface area contributed by atoms with Crippen molar-refractivity contribution in [1.29, 1.82) is 0 Å². The summed E-state index contributed by atoms with van der Waals surface area (Å²) in [6.07, 6.45) is 0. The van der Waals surface area contributed by atoms with Crippen LogP contribution in [0.3, 0.4) is 0 Å². The summed E-state index contributed by atoms with van der Waals surface area (Å²) in [6.45, 7) is 6.94. The molecule has 1 aliphatic rings. The fourth-order valence-electron chi connectivity index (χ4n) is 2.17. The van der Waals surface area contributed by atoms with E-state index in [2.05, 4.69) is 40.1 Å². The van der Waals surface area contributed by atoms with Gasteiger partial charge in [0.2, 0.25) is 0 Å². The monoisotopic (exact) mass is 284 g/mol. The summed E-state index contributed by atoms with van der Waals surface area (Å²) < 4.78 is 0. The second kappa shape index (κ2) is 8.05. The molecule has 1 heterocycles. The summed E-state index contributed by atoms with van der Waals surface area (Å²) in [5, 5.41) is 0. The molecule has 2 rings (SSSR count). The van der Waals surface area contributed by atoms with Crippen LogP contribution in [0.5, 0.6) is 0 Å². The molecule has 0 aromatic heterocycles. The summed E-state index contributed by atoms with van der Waals surface area (Å²) in [6, 6.07) is 10.6. The fourth-order valence-corrected chi connectivity index (χ4v) is 3.34. The third kappa shape index (κ3) is 4.81. The van der Waals surface area contributed by atoms with Gasteiger partial charge in [0.1, 0.15) is 0 Å². The van der Waals surface area contributed by atoms with Gasteiger partial charge in [0, 0.05) is 55.8 Å². The smallest absolute Gasteiger partial charge is 0.0351 e. The number of nitrogens with zero attached hydrogens (tertiary/aromatic N) is 2. The van der Waals surface area contributed by atoms with Gasteiger partial charge in [0.05, 0.1) is 0 Å². The molecule has 0 unspecified atom stereocenters. The van der Waals surface area contributed by atoms with Crippen LogP contribution >= 0.6 is 23.4 Å². The second-order valence-corrected chi connectivity index (χ2v) is 6.08. The Balaban J connectivity index is 1.61. The maximum absolute atomic E-state index is 5.76.